The number of rotatable bonds is 7. The predicted molar refractivity (Wildman–Crippen MR) is 89.9 cm³/mol. The summed E-state index contributed by atoms with van der Waals surface area (Å²) in [6, 6.07) is -0.123. The number of nitrogen functional groups attached to an aromatic ring is 1. The molecular formula is C14H22N6O2S. The summed E-state index contributed by atoms with van der Waals surface area (Å²) in [5.41, 5.74) is 12.8. The number of nitrogens with zero attached hydrogens (tertiary/aromatic N) is 4. The molecule has 0 saturated carbocycles. The first-order chi connectivity index (χ1) is 11.2. The molecular weight excluding hydrogens is 316 g/mol. The van der Waals surface area contributed by atoms with E-state index in [2.05, 4.69) is 15.0 Å². The molecule has 2 aromatic heterocycles. The van der Waals surface area contributed by atoms with Gasteiger partial charge in [-0.2, -0.15) is 11.8 Å². The van der Waals surface area contributed by atoms with E-state index in [4.69, 9.17) is 21.3 Å². The standard InChI is InChI=1S/C14H22N6O2S/c15-9(5-21)3-4-23-6-10-1-2-11(22-10)20-8-19-12-13(16)17-7-18-14(12)20/h7-11,21H,1-6,15H2,(H2,16,17,18). The number of thioether (sulfide) groups is 1. The third kappa shape index (κ3) is 3.74. The van der Waals surface area contributed by atoms with E-state index < -0.39 is 0 Å². The van der Waals surface area contributed by atoms with E-state index in [0.29, 0.717) is 17.0 Å². The molecule has 0 bridgehead atoms. The maximum atomic E-state index is 8.91. The normalized spacial score (nSPS) is 22.7. The molecule has 0 aromatic carbocycles. The van der Waals surface area contributed by atoms with Crippen molar-refractivity contribution in [1.29, 1.82) is 0 Å². The summed E-state index contributed by atoms with van der Waals surface area (Å²) in [5, 5.41) is 8.91. The predicted octanol–water partition coefficient (Wildman–Crippen LogP) is 0.529. The maximum Gasteiger partial charge on any atom is 0.167 e. The first-order valence-corrected chi connectivity index (χ1v) is 8.87. The average Bonchev–Trinajstić information content (AvgIpc) is 3.18. The number of anilines is 1. The Morgan fingerprint density at radius 1 is 1.39 bits per heavy atom. The molecule has 0 aliphatic carbocycles. The highest BCUT2D eigenvalue weighted by molar-refractivity contribution is 7.99. The molecule has 3 atom stereocenters. The highest BCUT2D eigenvalue weighted by Gasteiger charge is 2.28. The fourth-order valence-electron chi connectivity index (χ4n) is 2.64. The van der Waals surface area contributed by atoms with E-state index in [1.165, 1.54) is 6.33 Å². The molecule has 9 heteroatoms. The van der Waals surface area contributed by atoms with Gasteiger partial charge in [-0.25, -0.2) is 15.0 Å². The van der Waals surface area contributed by atoms with Crippen molar-refractivity contribution in [2.45, 2.75) is 37.6 Å². The highest BCUT2D eigenvalue weighted by atomic mass is 32.2. The molecule has 1 aliphatic rings. The van der Waals surface area contributed by atoms with E-state index in [-0.39, 0.29) is 25.0 Å². The Morgan fingerprint density at radius 2 is 2.26 bits per heavy atom. The number of aliphatic hydroxyl groups is 1. The summed E-state index contributed by atoms with van der Waals surface area (Å²) >= 11 is 1.81. The molecule has 8 nitrogen and oxygen atoms in total. The van der Waals surface area contributed by atoms with Gasteiger partial charge in [0, 0.05) is 11.8 Å². The number of aromatic nitrogens is 4. The van der Waals surface area contributed by atoms with Gasteiger partial charge in [0.15, 0.2) is 11.5 Å². The first-order valence-electron chi connectivity index (χ1n) is 7.71. The molecule has 3 rings (SSSR count). The number of ether oxygens (including phenoxy) is 1. The van der Waals surface area contributed by atoms with Crippen LogP contribution >= 0.6 is 11.8 Å². The van der Waals surface area contributed by atoms with Gasteiger partial charge in [-0.15, -0.1) is 0 Å². The van der Waals surface area contributed by atoms with Crippen LogP contribution in [0.4, 0.5) is 5.82 Å². The molecule has 126 valence electrons. The molecule has 23 heavy (non-hydrogen) atoms. The van der Waals surface area contributed by atoms with Crippen molar-refractivity contribution in [3.63, 3.8) is 0 Å². The Kier molecular flexibility index (Phi) is 5.31. The largest absolute Gasteiger partial charge is 0.395 e. The zero-order chi connectivity index (χ0) is 16.2. The van der Waals surface area contributed by atoms with Crippen LogP contribution in [-0.2, 0) is 4.74 Å². The molecule has 0 spiro atoms. The van der Waals surface area contributed by atoms with Gasteiger partial charge in [0.05, 0.1) is 19.0 Å². The Labute approximate surface area is 138 Å². The molecule has 3 unspecified atom stereocenters. The summed E-state index contributed by atoms with van der Waals surface area (Å²) in [4.78, 5) is 12.5. The lowest BCUT2D eigenvalue weighted by molar-refractivity contribution is 0.0153. The van der Waals surface area contributed by atoms with Crippen LogP contribution in [-0.4, -0.2) is 54.9 Å². The minimum absolute atomic E-state index is 0.0429. The second kappa shape index (κ2) is 7.43. The fourth-order valence-corrected chi connectivity index (χ4v) is 3.78. The van der Waals surface area contributed by atoms with Gasteiger partial charge < -0.3 is 21.3 Å². The second-order valence-electron chi connectivity index (χ2n) is 5.68. The van der Waals surface area contributed by atoms with Gasteiger partial charge in [-0.05, 0) is 25.0 Å². The average molecular weight is 338 g/mol. The molecule has 1 aliphatic heterocycles. The lowest BCUT2D eigenvalue weighted by Crippen LogP contribution is -2.25. The molecule has 0 radical (unpaired) electrons. The number of hydrogen-bond donors (Lipinski definition) is 3. The van der Waals surface area contributed by atoms with Crippen molar-refractivity contribution in [2.75, 3.05) is 23.8 Å². The number of nitrogens with two attached hydrogens (primary N) is 2. The monoisotopic (exact) mass is 338 g/mol. The zero-order valence-corrected chi connectivity index (χ0v) is 13.7. The van der Waals surface area contributed by atoms with Crippen LogP contribution in [0.5, 0.6) is 0 Å². The maximum absolute atomic E-state index is 8.91. The van der Waals surface area contributed by atoms with Crippen molar-refractivity contribution in [2.24, 2.45) is 5.73 Å². The number of fused-ring (bicyclic) bond motifs is 1. The van der Waals surface area contributed by atoms with Gasteiger partial charge in [-0.3, -0.25) is 4.57 Å². The van der Waals surface area contributed by atoms with E-state index in [9.17, 15) is 0 Å². The smallest absolute Gasteiger partial charge is 0.167 e. The number of imidazole rings is 1. The van der Waals surface area contributed by atoms with Crippen molar-refractivity contribution in [3.8, 4) is 0 Å². The van der Waals surface area contributed by atoms with Crippen LogP contribution in [0, 0.1) is 0 Å². The minimum Gasteiger partial charge on any atom is -0.395 e. The van der Waals surface area contributed by atoms with Crippen LogP contribution in [0.15, 0.2) is 12.7 Å². The van der Waals surface area contributed by atoms with Crippen LogP contribution in [0.25, 0.3) is 11.2 Å². The molecule has 3 heterocycles. The highest BCUT2D eigenvalue weighted by Crippen LogP contribution is 2.32. The van der Waals surface area contributed by atoms with E-state index in [0.717, 1.165) is 30.8 Å². The first kappa shape index (κ1) is 16.4. The Bertz CT molecular complexity index is 651. The van der Waals surface area contributed by atoms with E-state index >= 15 is 0 Å². The van der Waals surface area contributed by atoms with Crippen molar-refractivity contribution in [1.82, 2.24) is 19.5 Å². The summed E-state index contributed by atoms with van der Waals surface area (Å²) in [5.74, 6) is 2.25. The molecule has 2 aromatic rings. The van der Waals surface area contributed by atoms with Gasteiger partial charge >= 0.3 is 0 Å². The molecule has 5 N–H and O–H groups in total. The molecule has 1 saturated heterocycles. The molecule has 1 fully saturated rings. The Balaban J connectivity index is 1.54. The van der Waals surface area contributed by atoms with Crippen molar-refractivity contribution >= 4 is 28.7 Å². The number of hydrogen-bond acceptors (Lipinski definition) is 8. The van der Waals surface area contributed by atoms with E-state index in [1.807, 2.05) is 16.3 Å². The Hall–Kier alpha value is -1.42. The van der Waals surface area contributed by atoms with Crippen LogP contribution < -0.4 is 11.5 Å². The van der Waals surface area contributed by atoms with Gasteiger partial charge in [0.2, 0.25) is 0 Å². The zero-order valence-electron chi connectivity index (χ0n) is 12.8. The van der Waals surface area contributed by atoms with Gasteiger partial charge in [-0.1, -0.05) is 0 Å². The van der Waals surface area contributed by atoms with Crippen LogP contribution in [0.3, 0.4) is 0 Å². The SMILES string of the molecule is Nc1ncnc2c1ncn2C1CCC(CSCCC(N)CO)O1. The summed E-state index contributed by atoms with van der Waals surface area (Å²) in [7, 11) is 0. The third-order valence-corrected chi connectivity index (χ3v) is 5.09. The Morgan fingerprint density at radius 3 is 3.09 bits per heavy atom. The quantitative estimate of drug-likeness (QED) is 0.624. The third-order valence-electron chi connectivity index (χ3n) is 3.95. The fraction of sp³-hybridized carbons (Fsp3) is 0.643. The molecule has 0 amide bonds. The number of aliphatic hydroxyl groups excluding tert-OH is 1. The lowest BCUT2D eigenvalue weighted by atomic mass is 10.2. The van der Waals surface area contributed by atoms with Crippen molar-refractivity contribution in [3.05, 3.63) is 12.7 Å². The summed E-state index contributed by atoms with van der Waals surface area (Å²) in [6.45, 7) is 0.0429. The summed E-state index contributed by atoms with van der Waals surface area (Å²) < 4.78 is 8.04. The topological polar surface area (TPSA) is 125 Å². The van der Waals surface area contributed by atoms with Gasteiger partial charge in [0.25, 0.3) is 0 Å². The van der Waals surface area contributed by atoms with E-state index in [1.54, 1.807) is 6.33 Å². The van der Waals surface area contributed by atoms with Crippen molar-refractivity contribution < 1.29 is 9.84 Å². The van der Waals surface area contributed by atoms with Crippen LogP contribution in [0.1, 0.15) is 25.5 Å². The second-order valence-corrected chi connectivity index (χ2v) is 6.83. The van der Waals surface area contributed by atoms with Crippen LogP contribution in [0.2, 0.25) is 0 Å². The van der Waals surface area contributed by atoms with Gasteiger partial charge in [0.1, 0.15) is 18.1 Å². The minimum atomic E-state index is -0.123. The summed E-state index contributed by atoms with van der Waals surface area (Å²) in [6.07, 6.45) is 6.07. The lowest BCUT2D eigenvalue weighted by Gasteiger charge is -2.15.